The number of aryl methyl sites for hydroxylation is 1. The van der Waals surface area contributed by atoms with Crippen LogP contribution < -0.4 is 4.74 Å². The molecule has 0 unspecified atom stereocenters. The standard InChI is InChI=1S/C21H20N4O4/c1-3-28-21(27)19-20(29-14-18(26)17-11-9-15(2)10-12-17)25(24-23-19)22-13-16-7-5-4-6-8-16/h4-13H,3,14H2,1-2H3. The smallest absolute Gasteiger partial charge is 0.364 e. The van der Waals surface area contributed by atoms with Gasteiger partial charge in [-0.05, 0) is 24.6 Å². The zero-order valence-electron chi connectivity index (χ0n) is 16.1. The van der Waals surface area contributed by atoms with Gasteiger partial charge in [-0.1, -0.05) is 65.0 Å². The van der Waals surface area contributed by atoms with E-state index in [1.165, 1.54) is 6.21 Å². The van der Waals surface area contributed by atoms with Crippen molar-refractivity contribution in [3.05, 3.63) is 77.0 Å². The van der Waals surface area contributed by atoms with E-state index in [2.05, 4.69) is 15.4 Å². The summed E-state index contributed by atoms with van der Waals surface area (Å²) in [7, 11) is 0. The van der Waals surface area contributed by atoms with Crippen molar-refractivity contribution >= 4 is 18.0 Å². The highest BCUT2D eigenvalue weighted by Gasteiger charge is 2.23. The van der Waals surface area contributed by atoms with E-state index in [-0.39, 0.29) is 30.6 Å². The van der Waals surface area contributed by atoms with Crippen LogP contribution in [0.2, 0.25) is 0 Å². The summed E-state index contributed by atoms with van der Waals surface area (Å²) in [6.07, 6.45) is 1.54. The van der Waals surface area contributed by atoms with Crippen LogP contribution >= 0.6 is 0 Å². The lowest BCUT2D eigenvalue weighted by Gasteiger charge is -2.07. The van der Waals surface area contributed by atoms with Gasteiger partial charge in [0.25, 0.3) is 5.88 Å². The Bertz CT molecular complexity index is 1010. The van der Waals surface area contributed by atoms with Gasteiger partial charge in [-0.2, -0.15) is 5.10 Å². The summed E-state index contributed by atoms with van der Waals surface area (Å²) < 4.78 is 10.6. The first-order valence-corrected chi connectivity index (χ1v) is 9.03. The highest BCUT2D eigenvalue weighted by molar-refractivity contribution is 5.97. The zero-order valence-corrected chi connectivity index (χ0v) is 16.1. The minimum absolute atomic E-state index is 0.0592. The molecule has 8 heteroatoms. The normalized spacial score (nSPS) is 10.8. The average Bonchev–Trinajstić information content (AvgIpc) is 3.15. The zero-order chi connectivity index (χ0) is 20.6. The molecule has 0 atom stereocenters. The number of nitrogens with zero attached hydrogens (tertiary/aromatic N) is 4. The molecule has 3 aromatic rings. The second kappa shape index (κ2) is 9.41. The third kappa shape index (κ3) is 5.13. The van der Waals surface area contributed by atoms with Crippen molar-refractivity contribution in [2.45, 2.75) is 13.8 Å². The molecular formula is C21H20N4O4. The summed E-state index contributed by atoms with van der Waals surface area (Å²) in [4.78, 5) is 25.6. The molecule has 0 aliphatic carbocycles. The highest BCUT2D eigenvalue weighted by Crippen LogP contribution is 2.18. The van der Waals surface area contributed by atoms with Crippen molar-refractivity contribution in [3.8, 4) is 5.88 Å². The van der Waals surface area contributed by atoms with Crippen molar-refractivity contribution in [2.24, 2.45) is 5.10 Å². The quantitative estimate of drug-likeness (QED) is 0.332. The van der Waals surface area contributed by atoms with Gasteiger partial charge in [0, 0.05) is 5.56 Å². The van der Waals surface area contributed by atoms with Crippen LogP contribution in [0.4, 0.5) is 0 Å². The fraction of sp³-hybridized carbons (Fsp3) is 0.190. The molecular weight excluding hydrogens is 372 g/mol. The molecule has 0 amide bonds. The SMILES string of the molecule is CCOC(=O)c1nnn(N=Cc2ccccc2)c1OCC(=O)c1ccc(C)cc1. The lowest BCUT2D eigenvalue weighted by Crippen LogP contribution is -2.15. The van der Waals surface area contributed by atoms with Crippen LogP contribution in [0, 0.1) is 6.92 Å². The number of carbonyl (C=O) groups excluding carboxylic acids is 2. The van der Waals surface area contributed by atoms with Gasteiger partial charge in [0.1, 0.15) is 0 Å². The Labute approximate surface area is 167 Å². The summed E-state index contributed by atoms with van der Waals surface area (Å²) in [5, 5.41) is 11.8. The molecule has 0 saturated carbocycles. The maximum atomic E-state index is 12.4. The van der Waals surface area contributed by atoms with Crippen molar-refractivity contribution in [2.75, 3.05) is 13.2 Å². The summed E-state index contributed by atoms with van der Waals surface area (Å²) >= 11 is 0. The second-order valence-corrected chi connectivity index (χ2v) is 6.09. The van der Waals surface area contributed by atoms with E-state index in [0.717, 1.165) is 15.9 Å². The fourth-order valence-electron chi connectivity index (χ4n) is 2.41. The van der Waals surface area contributed by atoms with Crippen LogP contribution in [0.15, 0.2) is 59.7 Å². The predicted molar refractivity (Wildman–Crippen MR) is 106 cm³/mol. The van der Waals surface area contributed by atoms with Gasteiger partial charge in [-0.15, -0.1) is 5.10 Å². The number of esters is 1. The number of ether oxygens (including phenoxy) is 2. The maximum Gasteiger partial charge on any atom is 0.364 e. The molecule has 3 rings (SSSR count). The molecule has 0 bridgehead atoms. The number of Topliss-reactive ketones (excluding diaryl/α,β-unsaturated/α-hetero) is 1. The lowest BCUT2D eigenvalue weighted by atomic mass is 10.1. The molecule has 0 aliphatic heterocycles. The van der Waals surface area contributed by atoms with Crippen molar-refractivity contribution in [3.63, 3.8) is 0 Å². The third-order valence-electron chi connectivity index (χ3n) is 3.91. The number of hydrogen-bond donors (Lipinski definition) is 0. The summed E-state index contributed by atoms with van der Waals surface area (Å²) in [6, 6.07) is 16.4. The van der Waals surface area contributed by atoms with Crippen molar-refractivity contribution in [1.82, 2.24) is 15.1 Å². The second-order valence-electron chi connectivity index (χ2n) is 6.09. The minimum atomic E-state index is -0.702. The summed E-state index contributed by atoms with van der Waals surface area (Å²) in [5.41, 5.74) is 2.22. The predicted octanol–water partition coefficient (Wildman–Crippen LogP) is 2.91. The molecule has 2 aromatic carbocycles. The third-order valence-corrected chi connectivity index (χ3v) is 3.91. The van der Waals surface area contributed by atoms with Gasteiger partial charge in [-0.3, -0.25) is 4.79 Å². The number of hydrogen-bond acceptors (Lipinski definition) is 7. The molecule has 0 radical (unpaired) electrons. The number of ketones is 1. The molecule has 0 saturated heterocycles. The van der Waals surface area contributed by atoms with Gasteiger partial charge < -0.3 is 9.47 Å². The molecule has 1 aromatic heterocycles. The van der Waals surface area contributed by atoms with E-state index in [9.17, 15) is 9.59 Å². The van der Waals surface area contributed by atoms with Gasteiger partial charge in [0.05, 0.1) is 12.8 Å². The molecule has 0 spiro atoms. The Balaban J connectivity index is 1.82. The number of aromatic nitrogens is 3. The molecule has 29 heavy (non-hydrogen) atoms. The first-order valence-electron chi connectivity index (χ1n) is 9.03. The largest absolute Gasteiger partial charge is 0.466 e. The van der Waals surface area contributed by atoms with Crippen LogP contribution in [-0.2, 0) is 4.74 Å². The molecule has 0 N–H and O–H groups in total. The van der Waals surface area contributed by atoms with Crippen LogP contribution in [0.5, 0.6) is 5.88 Å². The van der Waals surface area contributed by atoms with Crippen LogP contribution in [-0.4, -0.2) is 46.3 Å². The summed E-state index contributed by atoms with van der Waals surface area (Å²) in [5.74, 6) is -1.01. The molecule has 148 valence electrons. The molecule has 1 heterocycles. The van der Waals surface area contributed by atoms with E-state index in [4.69, 9.17) is 9.47 Å². The number of benzene rings is 2. The van der Waals surface area contributed by atoms with E-state index in [0.29, 0.717) is 5.56 Å². The average molecular weight is 392 g/mol. The monoisotopic (exact) mass is 392 g/mol. The lowest BCUT2D eigenvalue weighted by molar-refractivity contribution is 0.0512. The Kier molecular flexibility index (Phi) is 6.47. The van der Waals surface area contributed by atoms with E-state index in [1.54, 1.807) is 19.1 Å². The van der Waals surface area contributed by atoms with Crippen LogP contribution in [0.3, 0.4) is 0 Å². The van der Waals surface area contributed by atoms with Gasteiger partial charge in [0.2, 0.25) is 5.69 Å². The van der Waals surface area contributed by atoms with Crippen molar-refractivity contribution in [1.29, 1.82) is 0 Å². The minimum Gasteiger partial charge on any atom is -0.466 e. The van der Waals surface area contributed by atoms with Crippen LogP contribution in [0.25, 0.3) is 0 Å². The Hall–Kier alpha value is -3.81. The first-order chi connectivity index (χ1) is 14.1. The van der Waals surface area contributed by atoms with E-state index in [1.807, 2.05) is 49.4 Å². The Morgan fingerprint density at radius 2 is 1.83 bits per heavy atom. The Morgan fingerprint density at radius 1 is 1.10 bits per heavy atom. The molecule has 0 fully saturated rings. The highest BCUT2D eigenvalue weighted by atomic mass is 16.5. The fourth-order valence-corrected chi connectivity index (χ4v) is 2.41. The van der Waals surface area contributed by atoms with Gasteiger partial charge in [0.15, 0.2) is 12.4 Å². The molecule has 8 nitrogen and oxygen atoms in total. The molecule has 0 aliphatic rings. The van der Waals surface area contributed by atoms with E-state index >= 15 is 0 Å². The Morgan fingerprint density at radius 3 is 2.52 bits per heavy atom. The topological polar surface area (TPSA) is 95.7 Å². The maximum absolute atomic E-state index is 12.4. The summed E-state index contributed by atoms with van der Waals surface area (Å²) in [6.45, 7) is 3.48. The number of carbonyl (C=O) groups is 2. The van der Waals surface area contributed by atoms with Crippen LogP contribution in [0.1, 0.15) is 38.9 Å². The van der Waals surface area contributed by atoms with Crippen molar-refractivity contribution < 1.29 is 19.1 Å². The van der Waals surface area contributed by atoms with Gasteiger partial charge >= 0.3 is 5.97 Å². The van der Waals surface area contributed by atoms with Gasteiger partial charge in [-0.25, -0.2) is 4.79 Å². The first kappa shape index (κ1) is 19.9. The van der Waals surface area contributed by atoms with E-state index < -0.39 is 5.97 Å². The number of rotatable bonds is 8.